The highest BCUT2D eigenvalue weighted by atomic mass is 16.5. The van der Waals surface area contributed by atoms with Gasteiger partial charge in [-0.3, -0.25) is 4.79 Å². The van der Waals surface area contributed by atoms with Crippen molar-refractivity contribution in [3.05, 3.63) is 0 Å². The van der Waals surface area contributed by atoms with Crippen molar-refractivity contribution in [2.75, 3.05) is 26.2 Å². The van der Waals surface area contributed by atoms with E-state index in [4.69, 9.17) is 4.74 Å². The summed E-state index contributed by atoms with van der Waals surface area (Å²) in [5, 5.41) is 3.37. The first-order valence-corrected chi connectivity index (χ1v) is 6.26. The van der Waals surface area contributed by atoms with Crippen LogP contribution in [0.15, 0.2) is 0 Å². The fraction of sp³-hybridized carbons (Fsp3) is 0.917. The van der Waals surface area contributed by atoms with Gasteiger partial charge in [0.2, 0.25) is 5.91 Å². The van der Waals surface area contributed by atoms with Crippen molar-refractivity contribution in [3.8, 4) is 0 Å². The van der Waals surface area contributed by atoms with Gasteiger partial charge in [-0.1, -0.05) is 0 Å². The van der Waals surface area contributed by atoms with Crippen molar-refractivity contribution in [1.29, 1.82) is 0 Å². The normalized spacial score (nSPS) is 34.6. The minimum atomic E-state index is -0.0324. The highest BCUT2D eigenvalue weighted by Crippen LogP contribution is 2.24. The maximum atomic E-state index is 11.9. The third-order valence-corrected chi connectivity index (χ3v) is 3.99. The molecule has 2 aliphatic heterocycles. The first kappa shape index (κ1) is 11.9. The van der Waals surface area contributed by atoms with E-state index in [1.165, 1.54) is 0 Å². The van der Waals surface area contributed by atoms with Gasteiger partial charge in [-0.2, -0.15) is 0 Å². The Labute approximate surface area is 97.3 Å². The Morgan fingerprint density at radius 2 is 2.19 bits per heavy atom. The Morgan fingerprint density at radius 3 is 2.75 bits per heavy atom. The summed E-state index contributed by atoms with van der Waals surface area (Å²) in [4.78, 5) is 13.8. The van der Waals surface area contributed by atoms with E-state index >= 15 is 0 Å². The van der Waals surface area contributed by atoms with E-state index in [1.807, 2.05) is 4.90 Å². The number of nitrogens with one attached hydrogen (secondary N) is 1. The van der Waals surface area contributed by atoms with E-state index in [1.54, 1.807) is 0 Å². The van der Waals surface area contributed by atoms with Crippen LogP contribution in [0.2, 0.25) is 0 Å². The summed E-state index contributed by atoms with van der Waals surface area (Å²) in [5.74, 6) is 0.234. The van der Waals surface area contributed by atoms with Crippen LogP contribution in [0, 0.1) is 0 Å². The lowest BCUT2D eigenvalue weighted by Gasteiger charge is -2.29. The van der Waals surface area contributed by atoms with Crippen molar-refractivity contribution in [3.63, 3.8) is 0 Å². The van der Waals surface area contributed by atoms with Crippen LogP contribution in [0.5, 0.6) is 0 Å². The molecule has 2 heterocycles. The molecule has 0 saturated carbocycles. The van der Waals surface area contributed by atoms with Gasteiger partial charge in [0, 0.05) is 25.2 Å². The maximum Gasteiger partial charge on any atom is 0.236 e. The average molecular weight is 226 g/mol. The smallest absolute Gasteiger partial charge is 0.236 e. The predicted molar refractivity (Wildman–Crippen MR) is 62.3 cm³/mol. The van der Waals surface area contributed by atoms with Gasteiger partial charge in [-0.25, -0.2) is 0 Å². The molecular weight excluding hydrogens is 204 g/mol. The molecule has 92 valence electrons. The summed E-state index contributed by atoms with van der Waals surface area (Å²) in [6.07, 6.45) is 3.49. The SMILES string of the molecule is CC1OCCC1(C)NCC(=O)N1CCCC1. The zero-order valence-electron chi connectivity index (χ0n) is 10.3. The molecule has 2 saturated heterocycles. The van der Waals surface area contributed by atoms with Crippen LogP contribution >= 0.6 is 0 Å². The molecule has 2 aliphatic rings. The Morgan fingerprint density at radius 1 is 1.50 bits per heavy atom. The lowest BCUT2D eigenvalue weighted by Crippen LogP contribution is -2.51. The van der Waals surface area contributed by atoms with Crippen LogP contribution in [0.25, 0.3) is 0 Å². The quantitative estimate of drug-likeness (QED) is 0.772. The van der Waals surface area contributed by atoms with Crippen molar-refractivity contribution >= 4 is 5.91 Å². The number of hydrogen-bond donors (Lipinski definition) is 1. The number of hydrogen-bond acceptors (Lipinski definition) is 3. The molecule has 2 unspecified atom stereocenters. The van der Waals surface area contributed by atoms with Gasteiger partial charge in [-0.05, 0) is 33.1 Å². The van der Waals surface area contributed by atoms with Crippen molar-refractivity contribution in [2.45, 2.75) is 44.8 Å². The third kappa shape index (κ3) is 2.38. The van der Waals surface area contributed by atoms with Gasteiger partial charge in [0.25, 0.3) is 0 Å². The molecule has 2 atom stereocenters. The van der Waals surface area contributed by atoms with Gasteiger partial charge in [-0.15, -0.1) is 0 Å². The van der Waals surface area contributed by atoms with Crippen LogP contribution in [-0.2, 0) is 9.53 Å². The Kier molecular flexibility index (Phi) is 3.50. The Bertz CT molecular complexity index is 264. The molecule has 4 nitrogen and oxygen atoms in total. The summed E-state index contributed by atoms with van der Waals surface area (Å²) in [6.45, 7) is 7.32. The highest BCUT2D eigenvalue weighted by molar-refractivity contribution is 5.78. The number of carbonyl (C=O) groups is 1. The molecule has 2 rings (SSSR count). The fourth-order valence-electron chi connectivity index (χ4n) is 2.42. The number of carbonyl (C=O) groups excluding carboxylic acids is 1. The van der Waals surface area contributed by atoms with Crippen LogP contribution in [0.3, 0.4) is 0 Å². The van der Waals surface area contributed by atoms with Gasteiger partial charge in [0.15, 0.2) is 0 Å². The summed E-state index contributed by atoms with van der Waals surface area (Å²) >= 11 is 0. The molecule has 2 fully saturated rings. The number of nitrogens with zero attached hydrogens (tertiary/aromatic N) is 1. The molecule has 4 heteroatoms. The second kappa shape index (κ2) is 4.72. The van der Waals surface area contributed by atoms with E-state index < -0.39 is 0 Å². The van der Waals surface area contributed by atoms with E-state index in [0.717, 1.165) is 39.0 Å². The summed E-state index contributed by atoms with van der Waals surface area (Å²) in [7, 11) is 0. The highest BCUT2D eigenvalue weighted by Gasteiger charge is 2.37. The standard InChI is InChI=1S/C12H22N2O2/c1-10-12(2,5-8-16-10)13-9-11(15)14-6-3-4-7-14/h10,13H,3-9H2,1-2H3. The molecule has 16 heavy (non-hydrogen) atoms. The zero-order chi connectivity index (χ0) is 11.6. The predicted octanol–water partition coefficient (Wildman–Crippen LogP) is 0.766. The first-order valence-electron chi connectivity index (χ1n) is 6.26. The van der Waals surface area contributed by atoms with Crippen molar-refractivity contribution in [2.24, 2.45) is 0 Å². The number of likely N-dealkylation sites (tertiary alicyclic amines) is 1. The van der Waals surface area contributed by atoms with Gasteiger partial charge in [0.05, 0.1) is 12.6 Å². The monoisotopic (exact) mass is 226 g/mol. The Balaban J connectivity index is 1.80. The summed E-state index contributed by atoms with van der Waals surface area (Å²) in [6, 6.07) is 0. The largest absolute Gasteiger partial charge is 0.377 e. The molecule has 0 aliphatic carbocycles. The fourth-order valence-corrected chi connectivity index (χ4v) is 2.42. The van der Waals surface area contributed by atoms with Gasteiger partial charge in [0.1, 0.15) is 0 Å². The number of rotatable bonds is 3. The van der Waals surface area contributed by atoms with Gasteiger partial charge >= 0.3 is 0 Å². The third-order valence-electron chi connectivity index (χ3n) is 3.99. The molecule has 0 aromatic rings. The van der Waals surface area contributed by atoms with Crippen LogP contribution in [0.1, 0.15) is 33.1 Å². The van der Waals surface area contributed by atoms with E-state index in [-0.39, 0.29) is 17.6 Å². The first-order chi connectivity index (χ1) is 7.62. The molecule has 0 bridgehead atoms. The van der Waals surface area contributed by atoms with Gasteiger partial charge < -0.3 is 15.0 Å². The minimum Gasteiger partial charge on any atom is -0.377 e. The van der Waals surface area contributed by atoms with E-state index in [2.05, 4.69) is 19.2 Å². The maximum absolute atomic E-state index is 11.9. The second-order valence-electron chi connectivity index (χ2n) is 5.12. The van der Waals surface area contributed by atoms with Crippen LogP contribution in [0.4, 0.5) is 0 Å². The van der Waals surface area contributed by atoms with Crippen molar-refractivity contribution in [1.82, 2.24) is 10.2 Å². The summed E-state index contributed by atoms with van der Waals surface area (Å²) < 4.78 is 5.54. The average Bonchev–Trinajstić information content (AvgIpc) is 2.87. The minimum absolute atomic E-state index is 0.0324. The molecule has 1 N–H and O–H groups in total. The molecule has 0 spiro atoms. The molecule has 1 amide bonds. The van der Waals surface area contributed by atoms with Crippen LogP contribution in [-0.4, -0.2) is 48.7 Å². The second-order valence-corrected chi connectivity index (χ2v) is 5.12. The lowest BCUT2D eigenvalue weighted by molar-refractivity contribution is -0.129. The van der Waals surface area contributed by atoms with Crippen LogP contribution < -0.4 is 5.32 Å². The molecule has 0 aromatic carbocycles. The lowest BCUT2D eigenvalue weighted by atomic mass is 9.95. The molecule has 0 aromatic heterocycles. The number of amides is 1. The zero-order valence-corrected chi connectivity index (χ0v) is 10.3. The van der Waals surface area contributed by atoms with Crippen molar-refractivity contribution < 1.29 is 9.53 Å². The molecule has 0 radical (unpaired) electrons. The number of ether oxygens (including phenoxy) is 1. The summed E-state index contributed by atoms with van der Waals surface area (Å²) in [5.41, 5.74) is -0.0324. The van der Waals surface area contributed by atoms with E-state index in [9.17, 15) is 4.79 Å². The molecular formula is C12H22N2O2. The topological polar surface area (TPSA) is 41.6 Å². The Hall–Kier alpha value is -0.610. The van der Waals surface area contributed by atoms with E-state index in [0.29, 0.717) is 6.54 Å².